The second-order valence-corrected chi connectivity index (χ2v) is 16.2. The highest BCUT2D eigenvalue weighted by Gasteiger charge is 2.22. The van der Waals surface area contributed by atoms with Gasteiger partial charge in [0.05, 0.1) is 10.4 Å². The van der Waals surface area contributed by atoms with Gasteiger partial charge in [-0.15, -0.1) is 11.3 Å². The van der Waals surface area contributed by atoms with Gasteiger partial charge in [0.25, 0.3) is 0 Å². The molecule has 2 heteroatoms. The fourth-order valence-corrected chi connectivity index (χ4v) is 10.2. The maximum atomic E-state index is 2.44. The number of hydrogen-bond donors (Lipinski definition) is 0. The Morgan fingerprint density at radius 2 is 0.750 bits per heavy atom. The topological polar surface area (TPSA) is 3.24 Å². The third-order valence-corrected chi connectivity index (χ3v) is 13.0. The lowest BCUT2D eigenvalue weighted by Gasteiger charge is -2.26. The predicted molar refractivity (Wildman–Crippen MR) is 259 cm³/mol. The minimum atomic E-state index is 1.10. The summed E-state index contributed by atoms with van der Waals surface area (Å²) in [4.78, 5) is 2.44. The normalized spacial score (nSPS) is 11.3. The van der Waals surface area contributed by atoms with Crippen LogP contribution >= 0.6 is 11.3 Å². The first-order valence-electron chi connectivity index (χ1n) is 20.5. The van der Waals surface area contributed by atoms with Crippen LogP contribution in [0.5, 0.6) is 0 Å². The molecule has 0 amide bonds. The molecule has 0 atom stereocenters. The first-order chi connectivity index (χ1) is 29.8. The molecule has 0 aliphatic carbocycles. The number of benzene rings is 10. The highest BCUT2D eigenvalue weighted by atomic mass is 32.1. The van der Waals surface area contributed by atoms with Crippen LogP contribution in [0.2, 0.25) is 0 Å². The summed E-state index contributed by atoms with van der Waals surface area (Å²) >= 11 is 1.90. The maximum absolute atomic E-state index is 2.44. The van der Waals surface area contributed by atoms with Gasteiger partial charge in [-0.3, -0.25) is 0 Å². The summed E-state index contributed by atoms with van der Waals surface area (Å²) in [5.74, 6) is 0. The van der Waals surface area contributed by atoms with E-state index in [9.17, 15) is 0 Å². The van der Waals surface area contributed by atoms with Crippen LogP contribution in [-0.4, -0.2) is 0 Å². The van der Waals surface area contributed by atoms with Gasteiger partial charge in [-0.2, -0.15) is 0 Å². The molecular formula is C58H39NS. The summed E-state index contributed by atoms with van der Waals surface area (Å²) in [6.07, 6.45) is 0. The monoisotopic (exact) mass is 781 g/mol. The van der Waals surface area contributed by atoms with Crippen LogP contribution in [0.15, 0.2) is 237 Å². The number of hydrogen-bond acceptors (Lipinski definition) is 2. The molecule has 60 heavy (non-hydrogen) atoms. The Bertz CT molecular complexity index is 3260. The molecule has 282 valence electrons. The molecule has 1 aromatic heterocycles. The lowest BCUT2D eigenvalue weighted by Crippen LogP contribution is -2.10. The van der Waals surface area contributed by atoms with Crippen LogP contribution in [0.1, 0.15) is 0 Å². The zero-order valence-corrected chi connectivity index (χ0v) is 33.7. The van der Waals surface area contributed by atoms with Gasteiger partial charge in [0, 0.05) is 26.8 Å². The molecule has 0 unspecified atom stereocenters. The maximum Gasteiger partial charge on any atom is 0.0640 e. The smallest absolute Gasteiger partial charge is 0.0640 e. The van der Waals surface area contributed by atoms with Gasteiger partial charge in [-0.1, -0.05) is 206 Å². The predicted octanol–water partition coefficient (Wildman–Crippen LogP) is 17.0. The quantitative estimate of drug-likeness (QED) is 0.148. The molecular weight excluding hydrogens is 743 g/mol. The van der Waals surface area contributed by atoms with Crippen molar-refractivity contribution in [2.45, 2.75) is 0 Å². The number of thiophene rings is 1. The average molecular weight is 782 g/mol. The van der Waals surface area contributed by atoms with Crippen molar-refractivity contribution in [3.05, 3.63) is 237 Å². The molecule has 0 bridgehead atoms. The van der Waals surface area contributed by atoms with Crippen molar-refractivity contribution in [1.82, 2.24) is 0 Å². The van der Waals surface area contributed by atoms with Crippen molar-refractivity contribution in [2.24, 2.45) is 0 Å². The second-order valence-electron chi connectivity index (χ2n) is 15.2. The van der Waals surface area contributed by atoms with E-state index < -0.39 is 0 Å². The number of anilines is 3. The van der Waals surface area contributed by atoms with Gasteiger partial charge < -0.3 is 4.90 Å². The molecule has 0 radical (unpaired) electrons. The van der Waals surface area contributed by atoms with Crippen LogP contribution in [-0.2, 0) is 0 Å². The Hall–Kier alpha value is -7.52. The SMILES string of the molecule is c1ccc(-c2ccc(N(c3ccc(-c4ccc5ccccc5c4-c4ccccc4)cc3)c3cccc4c3sc3c(-c5ccccc5)ccc(-c5ccccc5)c34)cc2)cc1. The van der Waals surface area contributed by atoms with Crippen LogP contribution in [0.3, 0.4) is 0 Å². The number of rotatable bonds is 8. The molecule has 10 aromatic carbocycles. The highest BCUT2D eigenvalue weighted by molar-refractivity contribution is 7.27. The molecule has 11 rings (SSSR count). The van der Waals surface area contributed by atoms with E-state index in [1.54, 1.807) is 0 Å². The molecule has 0 spiro atoms. The van der Waals surface area contributed by atoms with Gasteiger partial charge in [-0.25, -0.2) is 0 Å². The van der Waals surface area contributed by atoms with Crippen molar-refractivity contribution >= 4 is 59.3 Å². The summed E-state index contributed by atoms with van der Waals surface area (Å²) in [5, 5.41) is 5.05. The zero-order chi connectivity index (χ0) is 39.8. The third-order valence-electron chi connectivity index (χ3n) is 11.7. The average Bonchev–Trinajstić information content (AvgIpc) is 3.73. The van der Waals surface area contributed by atoms with E-state index in [2.05, 4.69) is 241 Å². The Morgan fingerprint density at radius 1 is 0.283 bits per heavy atom. The van der Waals surface area contributed by atoms with E-state index >= 15 is 0 Å². The van der Waals surface area contributed by atoms with Crippen LogP contribution in [0, 0.1) is 0 Å². The van der Waals surface area contributed by atoms with Crippen molar-refractivity contribution in [3.63, 3.8) is 0 Å². The lowest BCUT2D eigenvalue weighted by molar-refractivity contribution is 1.30. The van der Waals surface area contributed by atoms with Crippen molar-refractivity contribution in [2.75, 3.05) is 4.90 Å². The third kappa shape index (κ3) is 6.35. The summed E-state index contributed by atoms with van der Waals surface area (Å²) in [6.45, 7) is 0. The Kier molecular flexibility index (Phi) is 9.11. The first-order valence-corrected chi connectivity index (χ1v) is 21.3. The Morgan fingerprint density at radius 3 is 1.40 bits per heavy atom. The van der Waals surface area contributed by atoms with Gasteiger partial charge in [-0.05, 0) is 96.7 Å². The largest absolute Gasteiger partial charge is 0.309 e. The zero-order valence-electron chi connectivity index (χ0n) is 32.9. The summed E-state index contributed by atoms with van der Waals surface area (Å²) in [5.41, 5.74) is 15.6. The van der Waals surface area contributed by atoms with E-state index in [4.69, 9.17) is 0 Å². The summed E-state index contributed by atoms with van der Waals surface area (Å²) in [6, 6.07) is 86.0. The van der Waals surface area contributed by atoms with Gasteiger partial charge in [0.1, 0.15) is 0 Å². The molecule has 11 aromatic rings. The van der Waals surface area contributed by atoms with Crippen molar-refractivity contribution < 1.29 is 0 Å². The van der Waals surface area contributed by atoms with E-state index in [0.717, 1.165) is 17.1 Å². The molecule has 0 saturated heterocycles. The second kappa shape index (κ2) is 15.3. The summed E-state index contributed by atoms with van der Waals surface area (Å²) in [7, 11) is 0. The molecule has 0 saturated carbocycles. The van der Waals surface area contributed by atoms with Crippen LogP contribution in [0.25, 0.3) is 86.6 Å². The lowest BCUT2D eigenvalue weighted by atomic mass is 9.90. The van der Waals surface area contributed by atoms with Gasteiger partial charge in [0.2, 0.25) is 0 Å². The minimum Gasteiger partial charge on any atom is -0.309 e. The van der Waals surface area contributed by atoms with Crippen LogP contribution in [0.4, 0.5) is 17.1 Å². The highest BCUT2D eigenvalue weighted by Crippen LogP contribution is 2.50. The van der Waals surface area contributed by atoms with E-state index in [-0.39, 0.29) is 0 Å². The Balaban J connectivity index is 1.12. The van der Waals surface area contributed by atoms with Crippen LogP contribution < -0.4 is 4.90 Å². The Labute approximate surface area is 354 Å². The van der Waals surface area contributed by atoms with Gasteiger partial charge >= 0.3 is 0 Å². The first kappa shape index (κ1) is 35.6. The standard InChI is InChI=1S/C58H39NS/c1-5-16-40(17-6-1)41-28-33-47(34-29-41)59(48-35-30-45(31-36-48)50-37-32-44-22-13-14-25-49(44)55(50)46-23-11-4-12-24-46)54-27-15-26-53-56-51(42-18-7-2-8-19-42)38-39-52(58(56)60-57(53)54)43-20-9-3-10-21-43/h1-39H. The van der Waals surface area contributed by atoms with Crippen molar-refractivity contribution in [1.29, 1.82) is 0 Å². The fraction of sp³-hybridized carbons (Fsp3) is 0. The van der Waals surface area contributed by atoms with Crippen molar-refractivity contribution in [3.8, 4) is 55.6 Å². The molecule has 0 aliphatic heterocycles. The molecule has 1 nitrogen and oxygen atoms in total. The molecule has 0 N–H and O–H groups in total. The van der Waals surface area contributed by atoms with E-state index in [1.807, 2.05) is 11.3 Å². The molecule has 0 fully saturated rings. The minimum absolute atomic E-state index is 1.10. The summed E-state index contributed by atoms with van der Waals surface area (Å²) < 4.78 is 2.55. The van der Waals surface area contributed by atoms with E-state index in [1.165, 1.54) is 86.6 Å². The number of nitrogens with zero attached hydrogens (tertiary/aromatic N) is 1. The van der Waals surface area contributed by atoms with E-state index in [0.29, 0.717) is 0 Å². The molecule has 1 heterocycles. The fourth-order valence-electron chi connectivity index (χ4n) is 8.85. The number of fused-ring (bicyclic) bond motifs is 4. The molecule has 0 aliphatic rings. The van der Waals surface area contributed by atoms with Gasteiger partial charge in [0.15, 0.2) is 0 Å².